The van der Waals surface area contributed by atoms with Gasteiger partial charge in [0.25, 0.3) is 5.91 Å². The van der Waals surface area contributed by atoms with Gasteiger partial charge in [0, 0.05) is 10.6 Å². The lowest BCUT2D eigenvalue weighted by molar-refractivity contribution is -0.143. The fourth-order valence-corrected chi connectivity index (χ4v) is 4.49. The quantitative estimate of drug-likeness (QED) is 0.478. The van der Waals surface area contributed by atoms with E-state index in [0.29, 0.717) is 15.2 Å². The molecule has 2 aromatic carbocycles. The molecule has 3 aromatic rings. The first-order valence-corrected chi connectivity index (χ1v) is 10.1. The van der Waals surface area contributed by atoms with E-state index in [-0.39, 0.29) is 28.5 Å². The number of alkyl halides is 3. The zero-order chi connectivity index (χ0) is 22.1. The molecular formula is C19H13Cl2F3N2O3S. The second-order valence-corrected chi connectivity index (χ2v) is 7.86. The van der Waals surface area contributed by atoms with Gasteiger partial charge in [-0.05, 0) is 37.3 Å². The van der Waals surface area contributed by atoms with Crippen LogP contribution in [0.1, 0.15) is 22.8 Å². The van der Waals surface area contributed by atoms with Gasteiger partial charge in [0.05, 0.1) is 27.4 Å². The molecule has 0 aliphatic carbocycles. The van der Waals surface area contributed by atoms with E-state index in [2.05, 4.69) is 4.99 Å². The molecule has 0 N–H and O–H groups in total. The van der Waals surface area contributed by atoms with Gasteiger partial charge in [-0.2, -0.15) is 18.2 Å². The number of benzene rings is 2. The van der Waals surface area contributed by atoms with Crippen molar-refractivity contribution in [3.05, 3.63) is 62.4 Å². The minimum Gasteiger partial charge on any atom is -0.465 e. The summed E-state index contributed by atoms with van der Waals surface area (Å²) in [5.74, 6) is -1.48. The Morgan fingerprint density at radius 1 is 1.20 bits per heavy atom. The molecule has 1 heterocycles. The van der Waals surface area contributed by atoms with Gasteiger partial charge >= 0.3 is 12.1 Å². The third-order valence-electron chi connectivity index (χ3n) is 3.92. The fraction of sp³-hybridized carbons (Fsp3) is 0.211. The average molecular weight is 477 g/mol. The average Bonchev–Trinajstić information content (AvgIpc) is 2.98. The zero-order valence-corrected chi connectivity index (χ0v) is 17.6. The van der Waals surface area contributed by atoms with Crippen molar-refractivity contribution in [2.75, 3.05) is 6.61 Å². The third kappa shape index (κ3) is 4.85. The number of halogens is 5. The number of nitrogens with zero attached hydrogens (tertiary/aromatic N) is 2. The second-order valence-electron chi connectivity index (χ2n) is 6.01. The first-order chi connectivity index (χ1) is 14.1. The van der Waals surface area contributed by atoms with Crippen LogP contribution >= 0.6 is 34.5 Å². The molecule has 0 unspecified atom stereocenters. The van der Waals surface area contributed by atoms with Gasteiger partial charge in [-0.3, -0.25) is 9.59 Å². The number of aromatic nitrogens is 1. The highest BCUT2D eigenvalue weighted by Crippen LogP contribution is 2.31. The van der Waals surface area contributed by atoms with Crippen LogP contribution in [0.5, 0.6) is 0 Å². The first-order valence-electron chi connectivity index (χ1n) is 8.50. The summed E-state index contributed by atoms with van der Waals surface area (Å²) in [7, 11) is 0. The molecule has 5 nitrogen and oxygen atoms in total. The normalized spacial score (nSPS) is 12.4. The van der Waals surface area contributed by atoms with Crippen molar-refractivity contribution in [1.29, 1.82) is 0 Å². The lowest BCUT2D eigenvalue weighted by Gasteiger charge is -2.07. The van der Waals surface area contributed by atoms with Gasteiger partial charge in [0.2, 0.25) is 0 Å². The summed E-state index contributed by atoms with van der Waals surface area (Å²) < 4.78 is 45.7. The summed E-state index contributed by atoms with van der Waals surface area (Å²) in [6.07, 6.45) is -4.60. The maximum Gasteiger partial charge on any atom is 0.416 e. The Bertz CT molecular complexity index is 1200. The highest BCUT2D eigenvalue weighted by atomic mass is 35.5. The second kappa shape index (κ2) is 8.79. The summed E-state index contributed by atoms with van der Waals surface area (Å²) in [6.45, 7) is 1.50. The molecule has 3 rings (SSSR count). The smallest absolute Gasteiger partial charge is 0.416 e. The Labute approximate surface area is 182 Å². The van der Waals surface area contributed by atoms with E-state index >= 15 is 0 Å². The van der Waals surface area contributed by atoms with E-state index in [1.165, 1.54) is 16.7 Å². The van der Waals surface area contributed by atoms with Crippen molar-refractivity contribution < 1.29 is 27.5 Å². The van der Waals surface area contributed by atoms with Crippen molar-refractivity contribution in [3.63, 3.8) is 0 Å². The van der Waals surface area contributed by atoms with Crippen LogP contribution < -0.4 is 4.80 Å². The van der Waals surface area contributed by atoms with Crippen LogP contribution in [0.2, 0.25) is 10.0 Å². The molecule has 0 saturated carbocycles. The molecule has 0 aliphatic rings. The van der Waals surface area contributed by atoms with Gasteiger partial charge in [0.1, 0.15) is 6.54 Å². The van der Waals surface area contributed by atoms with Crippen molar-refractivity contribution in [2.24, 2.45) is 4.99 Å². The molecular weight excluding hydrogens is 464 g/mol. The number of carbonyl (C=O) groups is 2. The minimum atomic E-state index is -4.60. The van der Waals surface area contributed by atoms with Crippen LogP contribution in [0.15, 0.2) is 41.4 Å². The lowest BCUT2D eigenvalue weighted by Crippen LogP contribution is -2.23. The van der Waals surface area contributed by atoms with Crippen molar-refractivity contribution >= 4 is 56.6 Å². The van der Waals surface area contributed by atoms with E-state index in [1.807, 2.05) is 0 Å². The van der Waals surface area contributed by atoms with Crippen LogP contribution in [0, 0.1) is 0 Å². The number of esters is 1. The molecule has 1 aromatic heterocycles. The Hall–Kier alpha value is -2.36. The van der Waals surface area contributed by atoms with Crippen LogP contribution in [0.3, 0.4) is 0 Å². The Morgan fingerprint density at radius 2 is 1.93 bits per heavy atom. The molecule has 0 fully saturated rings. The Morgan fingerprint density at radius 3 is 2.60 bits per heavy atom. The standard InChI is InChI=1S/C19H13Cl2F3N2O3S/c1-2-29-15(27)9-26-16-13(21)7-12(20)8-14(16)30-18(26)25-17(28)10-4-3-5-11(6-10)19(22,23)24/h3-8H,2,9H2,1H3. The molecule has 0 saturated heterocycles. The highest BCUT2D eigenvalue weighted by Gasteiger charge is 2.31. The number of carbonyl (C=O) groups excluding carboxylic acids is 2. The Balaban J connectivity index is 2.14. The minimum absolute atomic E-state index is 0.0737. The van der Waals surface area contributed by atoms with Gasteiger partial charge in [-0.1, -0.05) is 40.6 Å². The lowest BCUT2D eigenvalue weighted by atomic mass is 10.1. The SMILES string of the molecule is CCOC(=O)Cn1c(=NC(=O)c2cccc(C(F)(F)F)c2)sc2cc(Cl)cc(Cl)c21. The Kier molecular flexibility index (Phi) is 6.54. The van der Waals surface area contributed by atoms with E-state index in [4.69, 9.17) is 27.9 Å². The molecule has 0 radical (unpaired) electrons. The molecule has 0 spiro atoms. The molecule has 0 atom stereocenters. The fourth-order valence-electron chi connectivity index (χ4n) is 2.68. The molecule has 0 aliphatic heterocycles. The number of thiazole rings is 1. The third-order valence-corrected chi connectivity index (χ3v) is 5.45. The van der Waals surface area contributed by atoms with E-state index in [9.17, 15) is 22.8 Å². The predicted molar refractivity (Wildman–Crippen MR) is 108 cm³/mol. The monoisotopic (exact) mass is 476 g/mol. The summed E-state index contributed by atoms with van der Waals surface area (Å²) in [4.78, 5) is 28.6. The number of rotatable bonds is 4. The molecule has 1 amide bonds. The maximum absolute atomic E-state index is 12.9. The van der Waals surface area contributed by atoms with Crippen LogP contribution in [0.4, 0.5) is 13.2 Å². The maximum atomic E-state index is 12.9. The van der Waals surface area contributed by atoms with E-state index in [0.717, 1.165) is 29.5 Å². The number of hydrogen-bond donors (Lipinski definition) is 0. The van der Waals surface area contributed by atoms with Gasteiger partial charge < -0.3 is 9.30 Å². The summed E-state index contributed by atoms with van der Waals surface area (Å²) in [5.41, 5.74) is -0.794. The van der Waals surface area contributed by atoms with Crippen molar-refractivity contribution in [1.82, 2.24) is 4.57 Å². The molecule has 30 heavy (non-hydrogen) atoms. The largest absolute Gasteiger partial charge is 0.465 e. The molecule has 158 valence electrons. The summed E-state index contributed by atoms with van der Waals surface area (Å²) >= 11 is 13.3. The zero-order valence-electron chi connectivity index (χ0n) is 15.3. The van der Waals surface area contributed by atoms with Gasteiger partial charge in [0.15, 0.2) is 4.80 Å². The van der Waals surface area contributed by atoms with Crippen LogP contribution in [-0.2, 0) is 22.3 Å². The van der Waals surface area contributed by atoms with E-state index in [1.54, 1.807) is 13.0 Å². The number of amides is 1. The highest BCUT2D eigenvalue weighted by molar-refractivity contribution is 7.16. The summed E-state index contributed by atoms with van der Waals surface area (Å²) in [6, 6.07) is 6.99. The number of ether oxygens (including phenoxy) is 1. The molecule has 11 heteroatoms. The topological polar surface area (TPSA) is 60.7 Å². The number of fused-ring (bicyclic) bond motifs is 1. The number of hydrogen-bond acceptors (Lipinski definition) is 4. The van der Waals surface area contributed by atoms with Gasteiger partial charge in [-0.15, -0.1) is 0 Å². The van der Waals surface area contributed by atoms with Crippen LogP contribution in [0.25, 0.3) is 10.2 Å². The molecule has 0 bridgehead atoms. The summed E-state index contributed by atoms with van der Waals surface area (Å²) in [5, 5.41) is 0.568. The van der Waals surface area contributed by atoms with E-state index < -0.39 is 23.6 Å². The van der Waals surface area contributed by atoms with Gasteiger partial charge in [-0.25, -0.2) is 0 Å². The van der Waals surface area contributed by atoms with Crippen molar-refractivity contribution in [3.8, 4) is 0 Å². The van der Waals surface area contributed by atoms with Crippen LogP contribution in [-0.4, -0.2) is 23.1 Å². The van der Waals surface area contributed by atoms with Crippen molar-refractivity contribution in [2.45, 2.75) is 19.6 Å². The first kappa shape index (κ1) is 22.3. The predicted octanol–water partition coefficient (Wildman–Crippen LogP) is 5.33.